The molecule has 0 heterocycles. The molecule has 0 aromatic heterocycles. The van der Waals surface area contributed by atoms with E-state index < -0.39 is 43.7 Å². The molecule has 3 aromatic carbocycles. The molecule has 0 radical (unpaired) electrons. The Morgan fingerprint density at radius 1 is 1.06 bits per heavy atom. The second kappa shape index (κ2) is 8.51. The van der Waals surface area contributed by atoms with E-state index in [9.17, 15) is 17.6 Å². The summed E-state index contributed by atoms with van der Waals surface area (Å²) in [6, 6.07) is 8.99. The number of rotatable bonds is 6. The predicted octanol–water partition coefficient (Wildman–Crippen LogP) is 5.28. The number of esters is 1. The Labute approximate surface area is 182 Å². The average molecular weight is 471 g/mol. The lowest BCUT2D eigenvalue weighted by molar-refractivity contribution is -0.142. The zero-order valence-electron chi connectivity index (χ0n) is 16.6. The number of alkyl halides is 2. The fourth-order valence-electron chi connectivity index (χ4n) is 3.26. The lowest BCUT2D eigenvalue weighted by atomic mass is 9.92. The first kappa shape index (κ1) is 23.1. The van der Waals surface area contributed by atoms with Gasteiger partial charge in [0.1, 0.15) is 5.82 Å². The van der Waals surface area contributed by atoms with Gasteiger partial charge in [0.15, 0.2) is 9.84 Å². The molecule has 9 heteroatoms. The summed E-state index contributed by atoms with van der Waals surface area (Å²) in [7, 11) is -3.65. The maximum absolute atomic E-state index is 15.6. The third-order valence-corrected chi connectivity index (χ3v) is 6.10. The van der Waals surface area contributed by atoms with Gasteiger partial charge in [-0.25, -0.2) is 12.8 Å². The number of ether oxygens (including phenoxy) is 1. The molecule has 0 saturated heterocycles. The molecule has 0 atom stereocenters. The minimum Gasteiger partial charge on any atom is -0.466 e. The molecule has 164 valence electrons. The SMILES string of the molecule is CCOC(=O)Cc1cc(C(F)(F)c2ccc(S(C)(=O)=O)cc2Cl)c2cc(F)ccc2c1. The normalized spacial score (nSPS) is 12.2. The van der Waals surface area contributed by atoms with Gasteiger partial charge in [-0.15, -0.1) is 0 Å². The second-order valence-corrected chi connectivity index (χ2v) is 9.40. The van der Waals surface area contributed by atoms with Gasteiger partial charge in [0.2, 0.25) is 0 Å². The third kappa shape index (κ3) is 4.85. The largest absolute Gasteiger partial charge is 0.466 e. The molecule has 3 aromatic rings. The van der Waals surface area contributed by atoms with Crippen LogP contribution in [0.1, 0.15) is 23.6 Å². The fraction of sp³-hybridized carbons (Fsp3) is 0.227. The molecule has 31 heavy (non-hydrogen) atoms. The molecule has 0 saturated carbocycles. The van der Waals surface area contributed by atoms with Gasteiger partial charge in [0.05, 0.1) is 22.9 Å². The Kier molecular flexibility index (Phi) is 6.34. The first-order valence-corrected chi connectivity index (χ1v) is 11.5. The summed E-state index contributed by atoms with van der Waals surface area (Å²) in [5, 5.41) is -0.198. The molecule has 0 amide bonds. The number of sulfone groups is 1. The van der Waals surface area contributed by atoms with Crippen LogP contribution >= 0.6 is 11.6 Å². The molecule has 0 bridgehead atoms. The van der Waals surface area contributed by atoms with Gasteiger partial charge >= 0.3 is 11.9 Å². The number of halogens is 4. The van der Waals surface area contributed by atoms with Crippen molar-refractivity contribution in [1.29, 1.82) is 0 Å². The first-order chi connectivity index (χ1) is 14.4. The van der Waals surface area contributed by atoms with Crippen LogP contribution in [0.5, 0.6) is 0 Å². The number of hydrogen-bond donors (Lipinski definition) is 0. The lowest BCUT2D eigenvalue weighted by Crippen LogP contribution is -2.18. The van der Waals surface area contributed by atoms with Gasteiger partial charge < -0.3 is 4.74 Å². The number of benzene rings is 3. The maximum atomic E-state index is 15.6. The summed E-state index contributed by atoms with van der Waals surface area (Å²) in [5.41, 5.74) is -0.936. The van der Waals surface area contributed by atoms with Crippen LogP contribution in [-0.2, 0) is 31.7 Å². The molecular formula is C22H18ClF3O4S. The van der Waals surface area contributed by atoms with Crippen molar-refractivity contribution < 1.29 is 31.1 Å². The number of hydrogen-bond acceptors (Lipinski definition) is 4. The van der Waals surface area contributed by atoms with Crippen molar-refractivity contribution in [3.8, 4) is 0 Å². The van der Waals surface area contributed by atoms with Crippen molar-refractivity contribution in [2.45, 2.75) is 24.2 Å². The van der Waals surface area contributed by atoms with E-state index in [1.807, 2.05) is 0 Å². The van der Waals surface area contributed by atoms with Gasteiger partial charge in [0, 0.05) is 17.4 Å². The van der Waals surface area contributed by atoms with Crippen LogP contribution in [0.25, 0.3) is 10.8 Å². The van der Waals surface area contributed by atoms with Gasteiger partial charge in [0.25, 0.3) is 0 Å². The third-order valence-electron chi connectivity index (χ3n) is 4.68. The van der Waals surface area contributed by atoms with E-state index in [1.54, 1.807) is 6.92 Å². The summed E-state index contributed by atoms with van der Waals surface area (Å²) >= 11 is 6.03. The van der Waals surface area contributed by atoms with Crippen LogP contribution in [0.3, 0.4) is 0 Å². The molecule has 0 N–H and O–H groups in total. The van der Waals surface area contributed by atoms with Gasteiger partial charge in [-0.3, -0.25) is 4.79 Å². The smallest absolute Gasteiger partial charge is 0.310 e. The summed E-state index contributed by atoms with van der Waals surface area (Å²) in [6.45, 7) is 1.77. The van der Waals surface area contributed by atoms with Crippen molar-refractivity contribution in [1.82, 2.24) is 0 Å². The molecule has 4 nitrogen and oxygen atoms in total. The first-order valence-electron chi connectivity index (χ1n) is 9.19. The van der Waals surface area contributed by atoms with Gasteiger partial charge in [-0.1, -0.05) is 23.7 Å². The zero-order valence-corrected chi connectivity index (χ0v) is 18.2. The Bertz CT molecular complexity index is 1270. The van der Waals surface area contributed by atoms with Crippen molar-refractivity contribution in [2.75, 3.05) is 12.9 Å². The number of fused-ring (bicyclic) bond motifs is 1. The highest BCUT2D eigenvalue weighted by Crippen LogP contribution is 2.43. The predicted molar refractivity (Wildman–Crippen MR) is 112 cm³/mol. The maximum Gasteiger partial charge on any atom is 0.310 e. The molecule has 0 aliphatic carbocycles. The Hall–Kier alpha value is -2.58. The molecule has 0 fully saturated rings. The van der Waals surface area contributed by atoms with E-state index in [4.69, 9.17) is 16.3 Å². The summed E-state index contributed by atoms with van der Waals surface area (Å²) in [4.78, 5) is 11.7. The minimum absolute atomic E-state index is 0.0548. The van der Waals surface area contributed by atoms with Gasteiger partial charge in [-0.05, 0) is 59.7 Å². The average Bonchev–Trinajstić information content (AvgIpc) is 2.66. The van der Waals surface area contributed by atoms with Crippen LogP contribution in [-0.4, -0.2) is 27.2 Å². The van der Waals surface area contributed by atoms with Crippen LogP contribution in [0.15, 0.2) is 53.4 Å². The zero-order chi connectivity index (χ0) is 23.0. The van der Waals surface area contributed by atoms with Crippen molar-refractivity contribution in [3.63, 3.8) is 0 Å². The summed E-state index contributed by atoms with van der Waals surface area (Å²) in [5.74, 6) is -5.00. The van der Waals surface area contributed by atoms with E-state index in [2.05, 4.69) is 0 Å². The highest BCUT2D eigenvalue weighted by Gasteiger charge is 2.38. The summed E-state index contributed by atoms with van der Waals surface area (Å²) < 4.78 is 73.4. The van der Waals surface area contributed by atoms with E-state index in [0.29, 0.717) is 5.39 Å². The van der Waals surface area contributed by atoms with Crippen molar-refractivity contribution in [2.24, 2.45) is 0 Å². The molecule has 3 rings (SSSR count). The van der Waals surface area contributed by atoms with Crippen molar-refractivity contribution in [3.05, 3.63) is 76.1 Å². The molecular weight excluding hydrogens is 453 g/mol. The van der Waals surface area contributed by atoms with Crippen molar-refractivity contribution >= 4 is 38.2 Å². The Balaban J connectivity index is 2.21. The topological polar surface area (TPSA) is 60.4 Å². The van der Waals surface area contributed by atoms with Crippen LogP contribution in [0.4, 0.5) is 13.2 Å². The fourth-order valence-corrected chi connectivity index (χ4v) is 4.27. The molecule has 0 aliphatic heterocycles. The molecule has 0 aliphatic rings. The van der Waals surface area contributed by atoms with Crippen LogP contribution < -0.4 is 0 Å². The molecule has 0 unspecified atom stereocenters. The highest BCUT2D eigenvalue weighted by molar-refractivity contribution is 7.90. The quantitative estimate of drug-likeness (QED) is 0.460. The minimum atomic E-state index is -3.70. The van der Waals surface area contributed by atoms with Gasteiger partial charge in [-0.2, -0.15) is 8.78 Å². The number of carbonyl (C=O) groups is 1. The highest BCUT2D eigenvalue weighted by atomic mass is 35.5. The van der Waals surface area contributed by atoms with E-state index in [0.717, 1.165) is 42.7 Å². The van der Waals surface area contributed by atoms with E-state index in [1.165, 1.54) is 12.1 Å². The van der Waals surface area contributed by atoms with E-state index in [-0.39, 0.29) is 28.9 Å². The standard InChI is InChI=1S/C22H18ClF3O4S/c1-3-30-21(27)10-13-8-14-4-5-15(24)11-17(14)19(9-13)22(25,26)18-7-6-16(12-20(18)23)31(2,28)29/h4-9,11-12H,3,10H2,1-2H3. The van der Waals surface area contributed by atoms with Crippen LogP contribution in [0.2, 0.25) is 5.02 Å². The number of carbonyl (C=O) groups excluding carboxylic acids is 1. The second-order valence-electron chi connectivity index (χ2n) is 6.98. The Morgan fingerprint density at radius 3 is 2.39 bits per heavy atom. The molecule has 0 spiro atoms. The van der Waals surface area contributed by atoms with E-state index >= 15 is 8.78 Å². The monoisotopic (exact) mass is 470 g/mol. The lowest BCUT2D eigenvalue weighted by Gasteiger charge is -2.22. The summed E-state index contributed by atoms with van der Waals surface area (Å²) in [6.07, 6.45) is 0.691. The van der Waals surface area contributed by atoms with Crippen LogP contribution in [0, 0.1) is 5.82 Å². The Morgan fingerprint density at radius 2 is 1.77 bits per heavy atom.